The van der Waals surface area contributed by atoms with Gasteiger partial charge in [0.15, 0.2) is 5.82 Å². The zero-order valence-corrected chi connectivity index (χ0v) is 17.8. The van der Waals surface area contributed by atoms with Crippen molar-refractivity contribution in [2.45, 2.75) is 50.2 Å². The number of benzene rings is 1. The number of β-amino-alcohol motifs (C(OH)–C–C–N with tert-alkyl or cyclic N) is 1. The number of anilines is 1. The van der Waals surface area contributed by atoms with Crippen molar-refractivity contribution < 1.29 is 23.4 Å². The standard InChI is InChI=1S/C23H27F3N4O2/c24-23(25,26)15-5-6-17(19(32)12-15)21-20(14-3-4-14)18-7-9-30(22(18)28-27-21)16-2-1-8-29(13-16)10-11-31/h5-6,12,14,16,31-32H,1-4,7-11,13H2/t16-/m1/s1. The van der Waals surface area contributed by atoms with E-state index in [-0.39, 0.29) is 6.61 Å². The summed E-state index contributed by atoms with van der Waals surface area (Å²) in [6.07, 6.45) is 0.464. The summed E-state index contributed by atoms with van der Waals surface area (Å²) in [5.41, 5.74) is 2.09. The Bertz CT molecular complexity index is 1010. The Morgan fingerprint density at radius 1 is 1.09 bits per heavy atom. The third-order valence-corrected chi connectivity index (χ3v) is 6.87. The number of nitrogens with zero attached hydrogens (tertiary/aromatic N) is 4. The molecule has 9 heteroatoms. The van der Waals surface area contributed by atoms with Gasteiger partial charge in [0, 0.05) is 36.8 Å². The zero-order valence-electron chi connectivity index (χ0n) is 17.8. The van der Waals surface area contributed by atoms with Crippen LogP contribution in [-0.2, 0) is 12.6 Å². The fourth-order valence-corrected chi connectivity index (χ4v) is 5.19. The van der Waals surface area contributed by atoms with Gasteiger partial charge in [-0.25, -0.2) is 0 Å². The van der Waals surface area contributed by atoms with Gasteiger partial charge in [-0.2, -0.15) is 13.2 Å². The summed E-state index contributed by atoms with van der Waals surface area (Å²) < 4.78 is 39.1. The van der Waals surface area contributed by atoms with Gasteiger partial charge < -0.3 is 15.1 Å². The number of aliphatic hydroxyl groups is 1. The quantitative estimate of drug-likeness (QED) is 0.729. The van der Waals surface area contributed by atoms with Gasteiger partial charge in [-0.1, -0.05) is 0 Å². The number of aromatic nitrogens is 2. The van der Waals surface area contributed by atoms with Crippen LogP contribution in [0.25, 0.3) is 11.3 Å². The van der Waals surface area contributed by atoms with Crippen molar-refractivity contribution in [3.05, 3.63) is 34.9 Å². The number of phenols is 1. The van der Waals surface area contributed by atoms with Gasteiger partial charge in [0.25, 0.3) is 0 Å². The van der Waals surface area contributed by atoms with E-state index in [0.29, 0.717) is 29.8 Å². The second-order valence-corrected chi connectivity index (χ2v) is 9.03. The van der Waals surface area contributed by atoms with E-state index in [2.05, 4.69) is 20.0 Å². The average molecular weight is 448 g/mol. The van der Waals surface area contributed by atoms with E-state index in [0.717, 1.165) is 80.8 Å². The minimum atomic E-state index is -4.51. The lowest BCUT2D eigenvalue weighted by atomic mass is 9.96. The summed E-state index contributed by atoms with van der Waals surface area (Å²) >= 11 is 0. The van der Waals surface area contributed by atoms with E-state index >= 15 is 0 Å². The first-order valence-corrected chi connectivity index (χ1v) is 11.3. The molecule has 1 aliphatic carbocycles. The lowest BCUT2D eigenvalue weighted by Crippen LogP contribution is -2.48. The minimum Gasteiger partial charge on any atom is -0.507 e. The molecule has 1 saturated carbocycles. The van der Waals surface area contributed by atoms with Crippen LogP contribution in [0.1, 0.15) is 48.3 Å². The Kier molecular flexibility index (Phi) is 5.49. The van der Waals surface area contributed by atoms with E-state index in [1.807, 2.05) is 0 Å². The third-order valence-electron chi connectivity index (χ3n) is 6.87. The molecule has 2 aliphatic heterocycles. The average Bonchev–Trinajstić information content (AvgIpc) is 3.51. The zero-order chi connectivity index (χ0) is 22.5. The molecule has 1 aromatic carbocycles. The molecule has 2 aromatic rings. The maximum Gasteiger partial charge on any atom is 0.416 e. The van der Waals surface area contributed by atoms with Crippen LogP contribution in [0.15, 0.2) is 18.2 Å². The number of rotatable bonds is 5. The Labute approximate surface area is 184 Å². The Morgan fingerprint density at radius 3 is 2.59 bits per heavy atom. The van der Waals surface area contributed by atoms with Crippen LogP contribution in [0.5, 0.6) is 5.75 Å². The van der Waals surface area contributed by atoms with Crippen LogP contribution in [0, 0.1) is 0 Å². The number of alkyl halides is 3. The number of piperidine rings is 1. The molecule has 1 atom stereocenters. The summed E-state index contributed by atoms with van der Waals surface area (Å²) in [6.45, 7) is 3.52. The van der Waals surface area contributed by atoms with E-state index < -0.39 is 17.5 Å². The van der Waals surface area contributed by atoms with Crippen LogP contribution in [0.4, 0.5) is 19.0 Å². The van der Waals surface area contributed by atoms with Gasteiger partial charge in [0.05, 0.1) is 12.2 Å². The Morgan fingerprint density at radius 2 is 1.91 bits per heavy atom. The first-order valence-electron chi connectivity index (χ1n) is 11.3. The summed E-state index contributed by atoms with van der Waals surface area (Å²) in [4.78, 5) is 4.59. The molecule has 1 saturated heterocycles. The second kappa shape index (κ2) is 8.19. The van der Waals surface area contributed by atoms with E-state index in [4.69, 9.17) is 0 Å². The van der Waals surface area contributed by atoms with Gasteiger partial charge in [-0.15, -0.1) is 10.2 Å². The molecule has 2 N–H and O–H groups in total. The van der Waals surface area contributed by atoms with E-state index in [1.165, 1.54) is 6.07 Å². The molecule has 0 radical (unpaired) electrons. The van der Waals surface area contributed by atoms with Crippen molar-refractivity contribution >= 4 is 5.82 Å². The smallest absolute Gasteiger partial charge is 0.416 e. The van der Waals surface area contributed by atoms with Gasteiger partial charge in [-0.05, 0) is 68.3 Å². The lowest BCUT2D eigenvalue weighted by molar-refractivity contribution is -0.137. The molecular formula is C23H27F3N4O2. The molecule has 32 heavy (non-hydrogen) atoms. The van der Waals surface area contributed by atoms with Gasteiger partial charge in [0.1, 0.15) is 11.4 Å². The Hall–Kier alpha value is -2.39. The van der Waals surface area contributed by atoms with Crippen molar-refractivity contribution in [3.8, 4) is 17.0 Å². The van der Waals surface area contributed by atoms with Crippen molar-refractivity contribution in [2.24, 2.45) is 0 Å². The number of halogens is 3. The number of fused-ring (bicyclic) bond motifs is 1. The number of phenolic OH excluding ortho intramolecular Hbond substituents is 1. The van der Waals surface area contributed by atoms with Crippen molar-refractivity contribution in [1.82, 2.24) is 15.1 Å². The van der Waals surface area contributed by atoms with Crippen LogP contribution in [0.3, 0.4) is 0 Å². The Balaban J connectivity index is 1.50. The topological polar surface area (TPSA) is 72.7 Å². The SMILES string of the molecule is OCCN1CCC[C@@H](N2CCc3c2nnc(-c2ccc(C(F)(F)F)cc2O)c3C2CC2)C1. The molecule has 172 valence electrons. The third kappa shape index (κ3) is 3.92. The van der Waals surface area contributed by atoms with E-state index in [1.54, 1.807) is 0 Å². The number of likely N-dealkylation sites (tertiary alicyclic amines) is 1. The highest BCUT2D eigenvalue weighted by molar-refractivity contribution is 5.75. The maximum atomic E-state index is 13.0. The molecule has 0 spiro atoms. The lowest BCUT2D eigenvalue weighted by Gasteiger charge is -2.38. The fraction of sp³-hybridized carbons (Fsp3) is 0.565. The summed E-state index contributed by atoms with van der Waals surface area (Å²) in [5.74, 6) is 0.767. The van der Waals surface area contributed by atoms with Crippen LogP contribution in [0.2, 0.25) is 0 Å². The highest BCUT2D eigenvalue weighted by Crippen LogP contribution is 2.50. The predicted octanol–water partition coefficient (Wildman–Crippen LogP) is 3.56. The summed E-state index contributed by atoms with van der Waals surface area (Å²) in [5, 5.41) is 28.7. The van der Waals surface area contributed by atoms with Crippen molar-refractivity contribution in [2.75, 3.05) is 37.7 Å². The molecule has 0 amide bonds. The normalized spacial score (nSPS) is 21.8. The molecule has 5 rings (SSSR count). The van der Waals surface area contributed by atoms with Gasteiger partial charge in [0.2, 0.25) is 0 Å². The van der Waals surface area contributed by atoms with Crippen molar-refractivity contribution in [3.63, 3.8) is 0 Å². The van der Waals surface area contributed by atoms with Crippen LogP contribution in [-0.4, -0.2) is 64.1 Å². The molecule has 6 nitrogen and oxygen atoms in total. The number of hydrogen-bond acceptors (Lipinski definition) is 6. The first-order chi connectivity index (χ1) is 15.4. The fourth-order valence-electron chi connectivity index (χ4n) is 5.19. The number of hydrogen-bond donors (Lipinski definition) is 2. The highest BCUT2D eigenvalue weighted by atomic mass is 19.4. The van der Waals surface area contributed by atoms with E-state index in [9.17, 15) is 23.4 Å². The molecule has 0 unspecified atom stereocenters. The number of aliphatic hydroxyl groups excluding tert-OH is 1. The summed E-state index contributed by atoms with van der Waals surface area (Å²) in [6, 6.07) is 3.37. The highest BCUT2D eigenvalue weighted by Gasteiger charge is 2.38. The molecule has 2 fully saturated rings. The summed E-state index contributed by atoms with van der Waals surface area (Å²) in [7, 11) is 0. The largest absolute Gasteiger partial charge is 0.507 e. The van der Waals surface area contributed by atoms with Crippen LogP contribution >= 0.6 is 0 Å². The second-order valence-electron chi connectivity index (χ2n) is 9.03. The predicted molar refractivity (Wildman–Crippen MR) is 114 cm³/mol. The minimum absolute atomic E-state index is 0.148. The van der Waals surface area contributed by atoms with Crippen molar-refractivity contribution in [1.29, 1.82) is 0 Å². The number of aromatic hydroxyl groups is 1. The maximum absolute atomic E-state index is 13.0. The molecule has 0 bridgehead atoms. The molecule has 3 heterocycles. The molecule has 3 aliphatic rings. The molecular weight excluding hydrogens is 421 g/mol. The first kappa shape index (κ1) is 21.5. The molecule has 1 aromatic heterocycles. The van der Waals surface area contributed by atoms with Gasteiger partial charge >= 0.3 is 6.18 Å². The van der Waals surface area contributed by atoms with Crippen LogP contribution < -0.4 is 4.90 Å². The monoisotopic (exact) mass is 448 g/mol. The van der Waals surface area contributed by atoms with Gasteiger partial charge in [-0.3, -0.25) is 4.90 Å².